The van der Waals surface area contributed by atoms with Crippen molar-refractivity contribution in [3.8, 4) is 0 Å². The van der Waals surface area contributed by atoms with Crippen LogP contribution in [0.25, 0.3) is 0 Å². The van der Waals surface area contributed by atoms with Gasteiger partial charge in [-0.15, -0.1) is 5.10 Å². The number of nitrogens with zero attached hydrogens (tertiary/aromatic N) is 5. The van der Waals surface area contributed by atoms with E-state index in [-0.39, 0.29) is 11.1 Å². The van der Waals surface area contributed by atoms with E-state index >= 15 is 0 Å². The smallest absolute Gasteiger partial charge is 0.217 e. The van der Waals surface area contributed by atoms with E-state index in [9.17, 15) is 13.2 Å². The van der Waals surface area contributed by atoms with Gasteiger partial charge in [-0.3, -0.25) is 0 Å². The van der Waals surface area contributed by atoms with Crippen LogP contribution in [0.15, 0.2) is 16.2 Å². The van der Waals surface area contributed by atoms with E-state index in [4.69, 9.17) is 0 Å². The van der Waals surface area contributed by atoms with E-state index in [1.165, 1.54) is 4.68 Å². The van der Waals surface area contributed by atoms with Crippen LogP contribution in [0.2, 0.25) is 0 Å². The van der Waals surface area contributed by atoms with Gasteiger partial charge >= 0.3 is 0 Å². The fourth-order valence-electron chi connectivity index (χ4n) is 1.39. The second-order valence-electron chi connectivity index (χ2n) is 3.79. The number of rotatable bonds is 3. The van der Waals surface area contributed by atoms with E-state index in [2.05, 4.69) is 20.5 Å². The number of halogens is 3. The summed E-state index contributed by atoms with van der Waals surface area (Å²) in [7, 11) is 0. The van der Waals surface area contributed by atoms with Gasteiger partial charge in [0, 0.05) is 6.07 Å². The molecule has 0 bridgehead atoms. The summed E-state index contributed by atoms with van der Waals surface area (Å²) in [6.07, 6.45) is 1.90. The Bertz CT molecular complexity index is 598. The molecule has 2 heterocycles. The maximum absolute atomic E-state index is 13.4. The van der Waals surface area contributed by atoms with Crippen LogP contribution in [0, 0.1) is 17.6 Å². The Kier molecular flexibility index (Phi) is 2.69. The number of pyridine rings is 1. The molecule has 0 aliphatic heterocycles. The summed E-state index contributed by atoms with van der Waals surface area (Å²) >= 11 is 0.773. The van der Waals surface area contributed by atoms with Gasteiger partial charge in [0.2, 0.25) is 11.1 Å². The number of aromatic nitrogens is 5. The van der Waals surface area contributed by atoms with Crippen LogP contribution >= 0.6 is 11.8 Å². The molecule has 1 aliphatic rings. The summed E-state index contributed by atoms with van der Waals surface area (Å²) < 4.78 is 40.6. The minimum absolute atomic E-state index is 0.204. The summed E-state index contributed by atoms with van der Waals surface area (Å²) in [5.74, 6) is -3.60. The molecule has 1 fully saturated rings. The third kappa shape index (κ3) is 2.05. The molecule has 0 unspecified atom stereocenters. The van der Waals surface area contributed by atoms with Gasteiger partial charge in [0.05, 0.1) is 6.04 Å². The maximum Gasteiger partial charge on any atom is 0.250 e. The minimum atomic E-state index is -1.34. The number of tetrazole rings is 1. The highest BCUT2D eigenvalue weighted by Gasteiger charge is 2.28. The van der Waals surface area contributed by atoms with Crippen molar-refractivity contribution in [2.24, 2.45) is 0 Å². The largest absolute Gasteiger partial charge is 0.250 e. The van der Waals surface area contributed by atoms with Gasteiger partial charge in [0.25, 0.3) is 0 Å². The van der Waals surface area contributed by atoms with Gasteiger partial charge in [0.15, 0.2) is 11.6 Å². The van der Waals surface area contributed by atoms with Crippen LogP contribution in [0.1, 0.15) is 18.9 Å². The van der Waals surface area contributed by atoms with Crippen molar-refractivity contribution >= 4 is 11.8 Å². The zero-order chi connectivity index (χ0) is 12.7. The highest BCUT2D eigenvalue weighted by atomic mass is 32.2. The molecule has 0 radical (unpaired) electrons. The molecule has 0 spiro atoms. The van der Waals surface area contributed by atoms with Crippen molar-refractivity contribution in [3.63, 3.8) is 0 Å². The fraction of sp³-hybridized carbons (Fsp3) is 0.333. The van der Waals surface area contributed by atoms with Crippen molar-refractivity contribution in [1.29, 1.82) is 0 Å². The Morgan fingerprint density at radius 3 is 2.72 bits per heavy atom. The third-order valence-corrected chi connectivity index (χ3v) is 3.33. The zero-order valence-electron chi connectivity index (χ0n) is 8.85. The van der Waals surface area contributed by atoms with Gasteiger partial charge < -0.3 is 0 Å². The molecule has 5 nitrogen and oxygen atoms in total. The first-order valence-corrected chi connectivity index (χ1v) is 5.94. The van der Waals surface area contributed by atoms with Crippen LogP contribution in [0.5, 0.6) is 0 Å². The first-order valence-electron chi connectivity index (χ1n) is 5.12. The normalized spacial score (nSPS) is 15.1. The molecule has 94 valence electrons. The summed E-state index contributed by atoms with van der Waals surface area (Å²) in [4.78, 5) is 3.21. The predicted molar refractivity (Wildman–Crippen MR) is 54.3 cm³/mol. The lowest BCUT2D eigenvalue weighted by atomic mass is 10.4. The standard InChI is InChI=1S/C9H6F3N5S/c10-5-3-6(11)8(13-7(5)12)18-9-14-15-16-17(9)4-1-2-4/h3-4H,1-2H2. The molecule has 18 heavy (non-hydrogen) atoms. The van der Waals surface area contributed by atoms with Gasteiger partial charge in [0.1, 0.15) is 5.03 Å². The molecule has 0 aromatic carbocycles. The van der Waals surface area contributed by atoms with E-state index < -0.39 is 17.6 Å². The van der Waals surface area contributed by atoms with Crippen molar-refractivity contribution in [3.05, 3.63) is 23.6 Å². The Labute approximate surface area is 103 Å². The van der Waals surface area contributed by atoms with E-state index in [0.717, 1.165) is 24.6 Å². The Morgan fingerprint density at radius 1 is 1.22 bits per heavy atom. The lowest BCUT2D eigenvalue weighted by Crippen LogP contribution is -2.01. The van der Waals surface area contributed by atoms with Crippen LogP contribution in [-0.4, -0.2) is 25.2 Å². The molecule has 0 saturated heterocycles. The summed E-state index contributed by atoms with van der Waals surface area (Å²) in [6, 6.07) is 0.659. The Balaban J connectivity index is 1.92. The van der Waals surface area contributed by atoms with E-state index in [1.807, 2.05) is 0 Å². The molecule has 0 atom stereocenters. The van der Waals surface area contributed by atoms with Crippen LogP contribution in [-0.2, 0) is 0 Å². The lowest BCUT2D eigenvalue weighted by Gasteiger charge is -2.03. The average Bonchev–Trinajstić information content (AvgIpc) is 3.07. The van der Waals surface area contributed by atoms with E-state index in [1.54, 1.807) is 0 Å². The Morgan fingerprint density at radius 2 is 2.00 bits per heavy atom. The molecule has 0 N–H and O–H groups in total. The Hall–Kier alpha value is -1.64. The molecule has 9 heteroatoms. The molecule has 0 amide bonds. The molecular formula is C9H6F3N5S. The zero-order valence-corrected chi connectivity index (χ0v) is 9.66. The topological polar surface area (TPSA) is 56.5 Å². The first kappa shape index (κ1) is 11.5. The quantitative estimate of drug-likeness (QED) is 0.800. The van der Waals surface area contributed by atoms with Gasteiger partial charge in [-0.2, -0.15) is 4.39 Å². The van der Waals surface area contributed by atoms with Crippen molar-refractivity contribution in [2.45, 2.75) is 29.1 Å². The first-order chi connectivity index (χ1) is 8.65. The van der Waals surface area contributed by atoms with Gasteiger partial charge in [-0.05, 0) is 35.0 Å². The SMILES string of the molecule is Fc1cc(F)c(Sc2nnnn2C2CC2)nc1F. The molecular weight excluding hydrogens is 267 g/mol. The average molecular weight is 273 g/mol. The molecule has 3 rings (SSSR count). The van der Waals surface area contributed by atoms with Crippen molar-refractivity contribution in [1.82, 2.24) is 25.2 Å². The minimum Gasteiger partial charge on any atom is -0.217 e. The number of hydrogen-bond acceptors (Lipinski definition) is 5. The third-order valence-electron chi connectivity index (χ3n) is 2.40. The summed E-state index contributed by atoms with van der Waals surface area (Å²) in [5, 5.41) is 11.0. The van der Waals surface area contributed by atoms with Crippen molar-refractivity contribution < 1.29 is 13.2 Å². The molecule has 1 aliphatic carbocycles. The van der Waals surface area contributed by atoms with Gasteiger partial charge in [-0.25, -0.2) is 18.4 Å². The van der Waals surface area contributed by atoms with E-state index in [0.29, 0.717) is 11.2 Å². The highest BCUT2D eigenvalue weighted by Crippen LogP contribution is 2.38. The summed E-state index contributed by atoms with van der Waals surface area (Å²) in [6.45, 7) is 0. The van der Waals surface area contributed by atoms with Crippen LogP contribution in [0.4, 0.5) is 13.2 Å². The van der Waals surface area contributed by atoms with Crippen LogP contribution < -0.4 is 0 Å². The van der Waals surface area contributed by atoms with Gasteiger partial charge in [-0.1, -0.05) is 0 Å². The fourth-order valence-corrected chi connectivity index (χ4v) is 2.20. The highest BCUT2D eigenvalue weighted by molar-refractivity contribution is 7.99. The number of hydrogen-bond donors (Lipinski definition) is 0. The molecule has 2 aromatic rings. The van der Waals surface area contributed by atoms with Crippen LogP contribution in [0.3, 0.4) is 0 Å². The maximum atomic E-state index is 13.4. The second-order valence-corrected chi connectivity index (χ2v) is 4.74. The lowest BCUT2D eigenvalue weighted by molar-refractivity contribution is 0.447. The summed E-state index contributed by atoms with van der Waals surface area (Å²) in [5.41, 5.74) is 0. The predicted octanol–water partition coefficient (Wildman–Crippen LogP) is 1.97. The monoisotopic (exact) mass is 273 g/mol. The molecule has 2 aromatic heterocycles. The van der Waals surface area contributed by atoms with Crippen molar-refractivity contribution in [2.75, 3.05) is 0 Å². The molecule has 1 saturated carbocycles. The second kappa shape index (κ2) is 4.23.